The van der Waals surface area contributed by atoms with Gasteiger partial charge < -0.3 is 10.1 Å². The maximum absolute atomic E-state index is 12.1. The molecule has 0 aliphatic heterocycles. The van der Waals surface area contributed by atoms with Crippen molar-refractivity contribution >= 4 is 44.0 Å². The van der Waals surface area contributed by atoms with Gasteiger partial charge in [-0.2, -0.15) is 5.10 Å². The molecule has 0 spiro atoms. The molecule has 0 radical (unpaired) electrons. The Balaban J connectivity index is 1.76. The summed E-state index contributed by atoms with van der Waals surface area (Å²) in [6.07, 6.45) is 4.36. The van der Waals surface area contributed by atoms with Gasteiger partial charge in [-0.25, -0.2) is 18.4 Å². The summed E-state index contributed by atoms with van der Waals surface area (Å²) in [5, 5.41) is 8.31. The third kappa shape index (κ3) is 4.01. The van der Waals surface area contributed by atoms with Gasteiger partial charge in [0.1, 0.15) is 22.8 Å². The molecule has 0 fully saturated rings. The molecule has 10 heteroatoms. The second kappa shape index (κ2) is 7.34. The molecule has 4 rings (SSSR count). The van der Waals surface area contributed by atoms with E-state index >= 15 is 0 Å². The minimum absolute atomic E-state index is 0.0150. The van der Waals surface area contributed by atoms with Gasteiger partial charge in [-0.15, -0.1) is 0 Å². The molecule has 2 heterocycles. The van der Waals surface area contributed by atoms with Crippen molar-refractivity contribution in [2.45, 2.75) is 4.90 Å². The fourth-order valence-corrected chi connectivity index (χ4v) is 3.88. The van der Waals surface area contributed by atoms with E-state index < -0.39 is 9.84 Å². The molecule has 8 nitrogen and oxygen atoms in total. The highest BCUT2D eigenvalue weighted by molar-refractivity contribution is 7.90. The predicted molar refractivity (Wildman–Crippen MR) is 111 cm³/mol. The molecule has 0 aliphatic rings. The normalized spacial score (nSPS) is 11.6. The average molecular weight is 430 g/mol. The van der Waals surface area contributed by atoms with Crippen molar-refractivity contribution in [2.75, 3.05) is 11.6 Å². The lowest BCUT2D eigenvalue weighted by atomic mass is 10.2. The molecule has 148 valence electrons. The highest BCUT2D eigenvalue weighted by Gasteiger charge is 2.18. The average Bonchev–Trinajstić information content (AvgIpc) is 3.08. The van der Waals surface area contributed by atoms with Crippen LogP contribution in [0.5, 0.6) is 11.5 Å². The van der Waals surface area contributed by atoms with Crippen molar-refractivity contribution in [3.05, 3.63) is 60.0 Å². The monoisotopic (exact) mass is 429 g/mol. The molecular weight excluding hydrogens is 414 g/mol. The number of anilines is 2. The second-order valence-electron chi connectivity index (χ2n) is 6.34. The quantitative estimate of drug-likeness (QED) is 0.512. The first-order chi connectivity index (χ1) is 13.8. The summed E-state index contributed by atoms with van der Waals surface area (Å²) in [7, 11) is -1.70. The summed E-state index contributed by atoms with van der Waals surface area (Å²) in [4.78, 5) is 8.56. The highest BCUT2D eigenvalue weighted by Crippen LogP contribution is 2.37. The van der Waals surface area contributed by atoms with E-state index in [2.05, 4.69) is 20.4 Å². The van der Waals surface area contributed by atoms with E-state index in [0.29, 0.717) is 28.3 Å². The van der Waals surface area contributed by atoms with Crippen LogP contribution in [0.1, 0.15) is 0 Å². The van der Waals surface area contributed by atoms with Crippen LogP contribution in [0.15, 0.2) is 59.9 Å². The summed E-state index contributed by atoms with van der Waals surface area (Å²) in [5.41, 5.74) is 0.688. The Morgan fingerprint density at radius 2 is 1.97 bits per heavy atom. The molecule has 1 N–H and O–H groups in total. The van der Waals surface area contributed by atoms with Crippen molar-refractivity contribution in [1.29, 1.82) is 0 Å². The van der Waals surface area contributed by atoms with Crippen LogP contribution in [0.3, 0.4) is 0 Å². The molecule has 0 aliphatic carbocycles. The van der Waals surface area contributed by atoms with Crippen LogP contribution in [0.4, 0.5) is 11.6 Å². The fourth-order valence-electron chi connectivity index (χ4n) is 2.80. The first kappa shape index (κ1) is 19.2. The first-order valence-corrected chi connectivity index (χ1v) is 10.8. The number of para-hydroxylation sites is 1. The maximum atomic E-state index is 12.1. The topological polar surface area (TPSA) is 99.0 Å². The second-order valence-corrected chi connectivity index (χ2v) is 8.73. The van der Waals surface area contributed by atoms with E-state index in [-0.39, 0.29) is 15.7 Å². The molecule has 0 atom stereocenters. The molecule has 0 saturated heterocycles. The van der Waals surface area contributed by atoms with Gasteiger partial charge in [0.05, 0.1) is 10.5 Å². The number of sulfone groups is 1. The Morgan fingerprint density at radius 3 is 2.69 bits per heavy atom. The zero-order valence-corrected chi connectivity index (χ0v) is 17.1. The molecule has 0 bridgehead atoms. The number of nitrogens with one attached hydrogen (secondary N) is 1. The van der Waals surface area contributed by atoms with Crippen molar-refractivity contribution < 1.29 is 13.2 Å². The molecular formula is C19H16ClN5O3S. The van der Waals surface area contributed by atoms with Crippen LogP contribution in [0.25, 0.3) is 10.9 Å². The Labute approximate surface area is 172 Å². The highest BCUT2D eigenvalue weighted by atomic mass is 35.5. The van der Waals surface area contributed by atoms with Gasteiger partial charge >= 0.3 is 0 Å². The number of aromatic nitrogens is 4. The lowest BCUT2D eigenvalue weighted by Gasteiger charge is -2.13. The van der Waals surface area contributed by atoms with E-state index in [1.807, 2.05) is 19.3 Å². The predicted octanol–water partition coefficient (Wildman–Crippen LogP) is 3.96. The van der Waals surface area contributed by atoms with E-state index in [0.717, 1.165) is 6.26 Å². The number of hydrogen-bond acceptors (Lipinski definition) is 7. The number of ether oxygens (including phenoxy) is 1. The number of hydrogen-bond donors (Lipinski definition) is 1. The van der Waals surface area contributed by atoms with Crippen LogP contribution < -0.4 is 10.1 Å². The maximum Gasteiger partial charge on any atom is 0.179 e. The van der Waals surface area contributed by atoms with Gasteiger partial charge in [0.2, 0.25) is 0 Å². The Kier molecular flexibility index (Phi) is 4.85. The lowest BCUT2D eigenvalue weighted by molar-refractivity contribution is 0.469. The summed E-state index contributed by atoms with van der Waals surface area (Å²) in [6.45, 7) is 0. The number of nitrogens with zero attached hydrogens (tertiary/aromatic N) is 4. The van der Waals surface area contributed by atoms with Crippen molar-refractivity contribution in [2.24, 2.45) is 7.05 Å². The van der Waals surface area contributed by atoms with Crippen molar-refractivity contribution in [1.82, 2.24) is 19.7 Å². The van der Waals surface area contributed by atoms with Gasteiger partial charge in [0.15, 0.2) is 21.4 Å². The minimum Gasteiger partial charge on any atom is -0.454 e. The summed E-state index contributed by atoms with van der Waals surface area (Å²) >= 11 is 6.21. The van der Waals surface area contributed by atoms with Crippen LogP contribution in [0, 0.1) is 0 Å². The molecule has 2 aromatic carbocycles. The summed E-state index contributed by atoms with van der Waals surface area (Å²) in [6, 6.07) is 11.6. The molecule has 0 amide bonds. The van der Waals surface area contributed by atoms with Gasteiger partial charge in [-0.1, -0.05) is 17.7 Å². The van der Waals surface area contributed by atoms with Gasteiger partial charge in [0, 0.05) is 31.0 Å². The zero-order valence-electron chi connectivity index (χ0n) is 15.5. The lowest BCUT2D eigenvalue weighted by Crippen LogP contribution is -2.01. The standard InChI is InChI=1S/C19H16ClN5O3S/c1-25-9-8-17(24-25)23-19-13-10-12(6-7-15(13)21-11-22-19)28-18-14(20)4-3-5-16(18)29(2,26)27/h3-11H,1-2H3,(H,21,22,23,24). The number of rotatable bonds is 5. The Bertz CT molecular complexity index is 1320. The van der Waals surface area contributed by atoms with Crippen molar-refractivity contribution in [3.63, 3.8) is 0 Å². The Morgan fingerprint density at radius 1 is 1.14 bits per heavy atom. The van der Waals surface area contributed by atoms with Gasteiger partial charge in [-0.3, -0.25) is 4.68 Å². The minimum atomic E-state index is -3.52. The smallest absolute Gasteiger partial charge is 0.179 e. The molecule has 0 unspecified atom stereocenters. The Hall–Kier alpha value is -3.17. The SMILES string of the molecule is Cn1ccc(Nc2ncnc3ccc(Oc4c(Cl)cccc4S(C)(=O)=O)cc23)n1. The summed E-state index contributed by atoms with van der Waals surface area (Å²) < 4.78 is 31.7. The third-order valence-electron chi connectivity index (χ3n) is 4.12. The van der Waals surface area contributed by atoms with Crippen molar-refractivity contribution in [3.8, 4) is 11.5 Å². The van der Waals surface area contributed by atoms with E-state index in [1.54, 1.807) is 35.0 Å². The van der Waals surface area contributed by atoms with Crippen LogP contribution >= 0.6 is 11.6 Å². The van der Waals surface area contributed by atoms with Crippen LogP contribution in [-0.2, 0) is 16.9 Å². The molecule has 2 aromatic heterocycles. The molecule has 4 aromatic rings. The van der Waals surface area contributed by atoms with E-state index in [9.17, 15) is 8.42 Å². The third-order valence-corrected chi connectivity index (χ3v) is 5.54. The fraction of sp³-hybridized carbons (Fsp3) is 0.105. The van der Waals surface area contributed by atoms with E-state index in [1.165, 1.54) is 12.4 Å². The largest absolute Gasteiger partial charge is 0.454 e. The van der Waals surface area contributed by atoms with E-state index in [4.69, 9.17) is 16.3 Å². The zero-order chi connectivity index (χ0) is 20.6. The number of benzene rings is 2. The molecule has 29 heavy (non-hydrogen) atoms. The number of fused-ring (bicyclic) bond motifs is 1. The van der Waals surface area contributed by atoms with Crippen LogP contribution in [-0.4, -0.2) is 34.4 Å². The van der Waals surface area contributed by atoms with Crippen LogP contribution in [0.2, 0.25) is 5.02 Å². The summed E-state index contributed by atoms with van der Waals surface area (Å²) in [5.74, 6) is 1.65. The van der Waals surface area contributed by atoms with Gasteiger partial charge in [0.25, 0.3) is 0 Å². The molecule has 0 saturated carbocycles. The number of halogens is 1. The van der Waals surface area contributed by atoms with Gasteiger partial charge in [-0.05, 0) is 30.3 Å². The first-order valence-electron chi connectivity index (χ1n) is 8.49. The number of aryl methyl sites for hydroxylation is 1.